The smallest absolute Gasteiger partial charge is 0.444 e. The van der Waals surface area contributed by atoms with Gasteiger partial charge >= 0.3 is 12.5 Å². The van der Waals surface area contributed by atoms with Gasteiger partial charge in [0.15, 0.2) is 0 Å². The zero-order chi connectivity index (χ0) is 26.5. The molecular formula is C24H20F4N2O6. The van der Waals surface area contributed by atoms with Crippen molar-refractivity contribution in [2.75, 3.05) is 5.32 Å². The number of imide groups is 1. The third-order valence-corrected chi connectivity index (χ3v) is 5.26. The van der Waals surface area contributed by atoms with Gasteiger partial charge in [-0.1, -0.05) is 24.3 Å². The molecule has 1 unspecified atom stereocenters. The largest absolute Gasteiger partial charge is 0.573 e. The Morgan fingerprint density at radius 1 is 1.19 bits per heavy atom. The van der Waals surface area contributed by atoms with Crippen molar-refractivity contribution in [3.63, 3.8) is 0 Å². The third-order valence-electron chi connectivity index (χ3n) is 5.26. The summed E-state index contributed by atoms with van der Waals surface area (Å²) < 4.78 is 59.5. The fraction of sp³-hybridized carbons (Fsp3) is 0.250. The maximum Gasteiger partial charge on any atom is 0.573 e. The molecule has 0 spiro atoms. The van der Waals surface area contributed by atoms with Gasteiger partial charge in [0.05, 0.1) is 11.6 Å². The molecule has 12 heteroatoms. The summed E-state index contributed by atoms with van der Waals surface area (Å²) in [6, 6.07) is 6.69. The number of aldehydes is 1. The van der Waals surface area contributed by atoms with Crippen molar-refractivity contribution in [2.45, 2.75) is 32.2 Å². The topological polar surface area (TPSA) is 111 Å². The molecule has 3 amide bonds. The molecule has 190 valence electrons. The van der Waals surface area contributed by atoms with Crippen molar-refractivity contribution >= 4 is 29.9 Å². The molecule has 0 bridgehead atoms. The minimum absolute atomic E-state index is 0.192. The summed E-state index contributed by atoms with van der Waals surface area (Å²) in [5.41, 5.74) is 1.17. The van der Waals surface area contributed by atoms with E-state index in [1.807, 2.05) is 5.32 Å². The summed E-state index contributed by atoms with van der Waals surface area (Å²) in [4.78, 5) is 47.0. The molecule has 2 aromatic rings. The predicted octanol–water partition coefficient (Wildman–Crippen LogP) is 4.44. The van der Waals surface area contributed by atoms with E-state index in [9.17, 15) is 36.7 Å². The molecule has 3 rings (SSSR count). The van der Waals surface area contributed by atoms with Gasteiger partial charge in [-0.15, -0.1) is 13.2 Å². The van der Waals surface area contributed by atoms with Gasteiger partial charge in [0.2, 0.25) is 11.8 Å². The number of ether oxygens (including phenoxy) is 2. The highest BCUT2D eigenvalue weighted by Gasteiger charge is 2.31. The molecule has 0 saturated carbocycles. The molecule has 1 atom stereocenters. The van der Waals surface area contributed by atoms with Crippen molar-refractivity contribution < 1.29 is 46.2 Å². The predicted molar refractivity (Wildman–Crippen MR) is 117 cm³/mol. The van der Waals surface area contributed by atoms with Gasteiger partial charge in [0.1, 0.15) is 24.5 Å². The van der Waals surface area contributed by atoms with Crippen LogP contribution in [0.1, 0.15) is 34.3 Å². The zero-order valence-corrected chi connectivity index (χ0v) is 18.6. The number of benzene rings is 2. The van der Waals surface area contributed by atoms with Crippen LogP contribution in [-0.4, -0.2) is 30.6 Å². The van der Waals surface area contributed by atoms with E-state index < -0.39 is 41.5 Å². The summed E-state index contributed by atoms with van der Waals surface area (Å²) in [7, 11) is 0. The molecule has 2 aromatic carbocycles. The lowest BCUT2D eigenvalue weighted by molar-refractivity contribution is -0.274. The van der Waals surface area contributed by atoms with Crippen LogP contribution in [0.4, 0.5) is 28.0 Å². The first kappa shape index (κ1) is 26.4. The molecule has 1 saturated heterocycles. The van der Waals surface area contributed by atoms with Gasteiger partial charge < -0.3 is 9.47 Å². The Morgan fingerprint density at radius 3 is 2.61 bits per heavy atom. The minimum Gasteiger partial charge on any atom is -0.444 e. The number of halogens is 4. The van der Waals surface area contributed by atoms with Crippen LogP contribution >= 0.6 is 0 Å². The Morgan fingerprint density at radius 2 is 1.94 bits per heavy atom. The van der Waals surface area contributed by atoms with Gasteiger partial charge in [-0.05, 0) is 42.2 Å². The third kappa shape index (κ3) is 7.14. The second-order valence-electron chi connectivity index (χ2n) is 7.88. The second kappa shape index (κ2) is 11.0. The van der Waals surface area contributed by atoms with E-state index in [1.54, 1.807) is 12.1 Å². The van der Waals surface area contributed by atoms with E-state index in [4.69, 9.17) is 4.74 Å². The molecule has 0 radical (unpaired) electrons. The first-order valence-electron chi connectivity index (χ1n) is 10.5. The van der Waals surface area contributed by atoms with Crippen LogP contribution in [0.25, 0.3) is 0 Å². The van der Waals surface area contributed by atoms with Crippen molar-refractivity contribution in [3.05, 3.63) is 71.1 Å². The average molecular weight is 508 g/mol. The number of amides is 3. The molecule has 1 aliphatic heterocycles. The average Bonchev–Trinajstić information content (AvgIpc) is 2.79. The lowest BCUT2D eigenvalue weighted by Gasteiger charge is -2.23. The lowest BCUT2D eigenvalue weighted by atomic mass is 9.86. The molecule has 1 aliphatic rings. The maximum absolute atomic E-state index is 13.9. The minimum atomic E-state index is -4.99. The monoisotopic (exact) mass is 508 g/mol. The van der Waals surface area contributed by atoms with E-state index in [0.717, 1.165) is 6.07 Å². The van der Waals surface area contributed by atoms with Crippen molar-refractivity contribution in [2.24, 2.45) is 5.92 Å². The SMILES string of the molecule is C=C(Cc1ccc(COC(=O)Nc2cc(OC(F)(F)F)ccc2F)cc1C=O)C1CCC(=O)NC1=O. The number of rotatable bonds is 8. The first-order valence-corrected chi connectivity index (χ1v) is 10.5. The van der Waals surface area contributed by atoms with Crippen LogP contribution in [0, 0.1) is 11.7 Å². The Labute approximate surface area is 202 Å². The number of hydrogen-bond acceptors (Lipinski definition) is 6. The first-order chi connectivity index (χ1) is 16.9. The number of hydrogen-bond donors (Lipinski definition) is 2. The van der Waals surface area contributed by atoms with Gasteiger partial charge in [-0.2, -0.15) is 0 Å². The standard InChI is InChI=1S/C24H20F4N2O6/c1-13(18-5-7-21(32)30-22(18)33)8-15-3-2-14(9-16(15)11-31)12-35-23(34)29-20-10-17(4-6-19(20)25)36-24(26,27)28/h2-4,6,9-11,18H,1,5,7-8,12H2,(H,29,34)(H,30,32,33). The maximum atomic E-state index is 13.9. The van der Waals surface area contributed by atoms with E-state index in [0.29, 0.717) is 41.5 Å². The van der Waals surface area contributed by atoms with Gasteiger partial charge in [-0.25, -0.2) is 9.18 Å². The highest BCUT2D eigenvalue weighted by atomic mass is 19.4. The fourth-order valence-corrected chi connectivity index (χ4v) is 3.55. The second-order valence-corrected chi connectivity index (χ2v) is 7.88. The van der Waals surface area contributed by atoms with Gasteiger partial charge in [-0.3, -0.25) is 25.0 Å². The summed E-state index contributed by atoms with van der Waals surface area (Å²) in [5.74, 6) is -3.09. The zero-order valence-electron chi connectivity index (χ0n) is 18.6. The summed E-state index contributed by atoms with van der Waals surface area (Å²) in [6.07, 6.45) is -4.84. The lowest BCUT2D eigenvalue weighted by Crippen LogP contribution is -2.41. The van der Waals surface area contributed by atoms with Crippen LogP contribution in [0.3, 0.4) is 0 Å². The number of nitrogens with one attached hydrogen (secondary N) is 2. The number of anilines is 1. The van der Waals surface area contributed by atoms with Crippen LogP contribution in [0.5, 0.6) is 5.75 Å². The number of alkyl halides is 3. The van der Waals surface area contributed by atoms with Crippen molar-refractivity contribution in [1.29, 1.82) is 0 Å². The molecule has 8 nitrogen and oxygen atoms in total. The fourth-order valence-electron chi connectivity index (χ4n) is 3.55. The van der Waals surface area contributed by atoms with E-state index in [-0.39, 0.29) is 30.9 Å². The van der Waals surface area contributed by atoms with Gasteiger partial charge in [0, 0.05) is 18.1 Å². The van der Waals surface area contributed by atoms with E-state index >= 15 is 0 Å². The van der Waals surface area contributed by atoms with Crippen LogP contribution in [0.2, 0.25) is 0 Å². The molecule has 2 N–H and O–H groups in total. The Balaban J connectivity index is 1.60. The summed E-state index contributed by atoms with van der Waals surface area (Å²) in [5, 5.41) is 4.24. The molecule has 1 fully saturated rings. The number of carbonyl (C=O) groups is 4. The number of carbonyl (C=O) groups excluding carboxylic acids is 4. The van der Waals surface area contributed by atoms with Crippen LogP contribution < -0.4 is 15.4 Å². The summed E-state index contributed by atoms with van der Waals surface area (Å²) >= 11 is 0. The molecule has 36 heavy (non-hydrogen) atoms. The normalized spacial score (nSPS) is 15.6. The molecular weight excluding hydrogens is 488 g/mol. The van der Waals surface area contributed by atoms with Crippen molar-refractivity contribution in [3.8, 4) is 5.75 Å². The summed E-state index contributed by atoms with van der Waals surface area (Å²) in [6.45, 7) is 3.58. The van der Waals surface area contributed by atoms with Crippen LogP contribution in [0.15, 0.2) is 48.6 Å². The Kier molecular flexibility index (Phi) is 8.07. The highest BCUT2D eigenvalue weighted by Crippen LogP contribution is 2.28. The Hall–Kier alpha value is -4.22. The quantitative estimate of drug-likeness (QED) is 0.236. The molecule has 1 heterocycles. The van der Waals surface area contributed by atoms with E-state index in [2.05, 4.69) is 16.6 Å². The molecule has 0 aliphatic carbocycles. The van der Waals surface area contributed by atoms with Gasteiger partial charge in [0.25, 0.3) is 0 Å². The number of piperidine rings is 1. The highest BCUT2D eigenvalue weighted by molar-refractivity contribution is 5.99. The van der Waals surface area contributed by atoms with Crippen LogP contribution in [-0.2, 0) is 27.4 Å². The van der Waals surface area contributed by atoms with E-state index in [1.165, 1.54) is 6.07 Å². The van der Waals surface area contributed by atoms with Crippen molar-refractivity contribution in [1.82, 2.24) is 5.32 Å². The molecule has 0 aromatic heterocycles. The Bertz CT molecular complexity index is 1210.